The third-order valence-corrected chi connectivity index (χ3v) is 5.33. The predicted octanol–water partition coefficient (Wildman–Crippen LogP) is 3.77. The Bertz CT molecular complexity index is 860. The van der Waals surface area contributed by atoms with Crippen LogP contribution in [0.1, 0.15) is 28.8 Å². The monoisotopic (exact) mass is 384 g/mol. The molecular formula is C21H21ClN2O3. The van der Waals surface area contributed by atoms with Crippen LogP contribution in [0.25, 0.3) is 0 Å². The molecule has 27 heavy (non-hydrogen) atoms. The number of halogens is 1. The van der Waals surface area contributed by atoms with E-state index in [4.69, 9.17) is 16.3 Å². The van der Waals surface area contributed by atoms with E-state index in [2.05, 4.69) is 5.32 Å². The van der Waals surface area contributed by atoms with Crippen LogP contribution >= 0.6 is 11.6 Å². The largest absolute Gasteiger partial charge is 0.492 e. The zero-order chi connectivity index (χ0) is 18.8. The second kappa shape index (κ2) is 7.61. The molecule has 2 aromatic rings. The third kappa shape index (κ3) is 3.93. The zero-order valence-corrected chi connectivity index (χ0v) is 15.7. The van der Waals surface area contributed by atoms with Crippen LogP contribution in [-0.2, 0) is 11.2 Å². The number of carbonyl (C=O) groups is 2. The molecule has 5 nitrogen and oxygen atoms in total. The normalized spacial score (nSPS) is 18.6. The number of hydrogen-bond donors (Lipinski definition) is 1. The molecule has 0 aromatic heterocycles. The number of nitrogens with zero attached hydrogens (tertiary/aromatic N) is 1. The molecule has 1 atom stereocenters. The molecule has 0 aliphatic carbocycles. The van der Waals surface area contributed by atoms with Crippen LogP contribution in [0, 0.1) is 5.92 Å². The lowest BCUT2D eigenvalue weighted by atomic mass is 9.96. The molecule has 1 fully saturated rings. The van der Waals surface area contributed by atoms with Gasteiger partial charge < -0.3 is 15.0 Å². The van der Waals surface area contributed by atoms with Gasteiger partial charge in [0.2, 0.25) is 5.91 Å². The molecule has 140 valence electrons. The van der Waals surface area contributed by atoms with Crippen molar-refractivity contribution in [3.8, 4) is 5.75 Å². The Morgan fingerprint density at radius 2 is 1.81 bits per heavy atom. The Morgan fingerprint density at radius 1 is 1.07 bits per heavy atom. The first-order valence-electron chi connectivity index (χ1n) is 9.21. The minimum Gasteiger partial charge on any atom is -0.492 e. The number of anilines is 1. The highest BCUT2D eigenvalue weighted by Crippen LogP contribution is 2.30. The zero-order valence-electron chi connectivity index (χ0n) is 14.9. The molecule has 1 unspecified atom stereocenters. The quantitative estimate of drug-likeness (QED) is 0.876. The van der Waals surface area contributed by atoms with Crippen LogP contribution in [0.4, 0.5) is 5.69 Å². The number of rotatable bonds is 3. The van der Waals surface area contributed by atoms with Crippen molar-refractivity contribution in [2.24, 2.45) is 5.92 Å². The van der Waals surface area contributed by atoms with Gasteiger partial charge in [0.1, 0.15) is 12.4 Å². The van der Waals surface area contributed by atoms with E-state index in [1.165, 1.54) is 0 Å². The summed E-state index contributed by atoms with van der Waals surface area (Å²) in [4.78, 5) is 26.8. The Morgan fingerprint density at radius 3 is 2.56 bits per heavy atom. The summed E-state index contributed by atoms with van der Waals surface area (Å²) in [6.45, 7) is 1.99. The van der Waals surface area contributed by atoms with Gasteiger partial charge in [-0.3, -0.25) is 9.59 Å². The molecule has 6 heteroatoms. The van der Waals surface area contributed by atoms with Crippen molar-refractivity contribution in [3.05, 3.63) is 58.6 Å². The van der Waals surface area contributed by atoms with E-state index in [1.54, 1.807) is 30.3 Å². The minimum atomic E-state index is -0.276. The maximum atomic E-state index is 12.6. The average Bonchev–Trinajstić information content (AvgIpc) is 3.22. The fourth-order valence-electron chi connectivity index (χ4n) is 3.57. The molecule has 0 saturated carbocycles. The topological polar surface area (TPSA) is 58.6 Å². The number of fused-ring (bicyclic) bond motifs is 1. The van der Waals surface area contributed by atoms with Gasteiger partial charge in [-0.25, -0.2) is 0 Å². The van der Waals surface area contributed by atoms with E-state index in [1.807, 2.05) is 17.0 Å². The maximum absolute atomic E-state index is 12.6. The van der Waals surface area contributed by atoms with E-state index in [9.17, 15) is 9.59 Å². The number of ether oxygens (including phenoxy) is 1. The van der Waals surface area contributed by atoms with E-state index in [0.717, 1.165) is 37.2 Å². The highest BCUT2D eigenvalue weighted by Gasteiger charge is 2.26. The third-order valence-electron chi connectivity index (χ3n) is 5.09. The van der Waals surface area contributed by atoms with E-state index in [0.29, 0.717) is 29.3 Å². The molecule has 2 aliphatic rings. The van der Waals surface area contributed by atoms with E-state index in [-0.39, 0.29) is 17.7 Å². The SMILES string of the molecule is O=C(Nc1ccc(C(=O)N2CCCC2)cc1)C1COc2ccc(Cl)cc2C1. The number of likely N-dealkylation sites (tertiary alicyclic amines) is 1. The first-order valence-corrected chi connectivity index (χ1v) is 9.59. The first-order chi connectivity index (χ1) is 13.1. The second-order valence-electron chi connectivity index (χ2n) is 7.03. The Labute approximate surface area is 163 Å². The van der Waals surface area contributed by atoms with Crippen LogP contribution < -0.4 is 10.1 Å². The Balaban J connectivity index is 1.39. The molecule has 4 rings (SSSR count). The van der Waals surface area contributed by atoms with Crippen LogP contribution in [0.15, 0.2) is 42.5 Å². The molecule has 2 heterocycles. The van der Waals surface area contributed by atoms with Gasteiger partial charge in [-0.15, -0.1) is 0 Å². The van der Waals surface area contributed by atoms with Gasteiger partial charge in [-0.05, 0) is 67.3 Å². The first kappa shape index (κ1) is 17.9. The molecule has 1 saturated heterocycles. The molecule has 2 amide bonds. The van der Waals surface area contributed by atoms with Crippen LogP contribution in [0.5, 0.6) is 5.75 Å². The summed E-state index contributed by atoms with van der Waals surface area (Å²) in [7, 11) is 0. The van der Waals surface area contributed by atoms with Crippen molar-refractivity contribution in [2.75, 3.05) is 25.0 Å². The lowest BCUT2D eigenvalue weighted by molar-refractivity contribution is -0.121. The number of benzene rings is 2. The highest BCUT2D eigenvalue weighted by atomic mass is 35.5. The van der Waals surface area contributed by atoms with Gasteiger partial charge in [0.25, 0.3) is 5.91 Å². The van der Waals surface area contributed by atoms with Gasteiger partial charge in [0, 0.05) is 29.4 Å². The van der Waals surface area contributed by atoms with Crippen molar-refractivity contribution in [3.63, 3.8) is 0 Å². The van der Waals surface area contributed by atoms with Crippen molar-refractivity contribution in [1.82, 2.24) is 4.90 Å². The molecular weight excluding hydrogens is 364 g/mol. The molecule has 0 radical (unpaired) electrons. The Hall–Kier alpha value is -2.53. The van der Waals surface area contributed by atoms with E-state index < -0.39 is 0 Å². The average molecular weight is 385 g/mol. The maximum Gasteiger partial charge on any atom is 0.253 e. The van der Waals surface area contributed by atoms with Gasteiger partial charge in [0.05, 0.1) is 5.92 Å². The molecule has 0 spiro atoms. The highest BCUT2D eigenvalue weighted by molar-refractivity contribution is 6.30. The molecule has 0 bridgehead atoms. The van der Waals surface area contributed by atoms with Crippen molar-refractivity contribution in [2.45, 2.75) is 19.3 Å². The fourth-order valence-corrected chi connectivity index (χ4v) is 3.77. The number of nitrogens with one attached hydrogen (secondary N) is 1. The number of hydrogen-bond acceptors (Lipinski definition) is 3. The van der Waals surface area contributed by atoms with Crippen LogP contribution in [0.3, 0.4) is 0 Å². The lowest BCUT2D eigenvalue weighted by Gasteiger charge is -2.24. The fraction of sp³-hybridized carbons (Fsp3) is 0.333. The van der Waals surface area contributed by atoms with Crippen LogP contribution in [0.2, 0.25) is 5.02 Å². The standard InChI is InChI=1S/C21H21ClN2O3/c22-17-5-8-19-15(12-17)11-16(13-27-19)20(25)23-18-6-3-14(4-7-18)21(26)24-9-1-2-10-24/h3-8,12,16H,1-2,9-11,13H2,(H,23,25). The minimum absolute atomic E-state index is 0.0551. The molecule has 1 N–H and O–H groups in total. The van der Waals surface area contributed by atoms with Crippen LogP contribution in [-0.4, -0.2) is 36.4 Å². The summed E-state index contributed by atoms with van der Waals surface area (Å²) < 4.78 is 5.69. The molecule has 2 aliphatic heterocycles. The van der Waals surface area contributed by atoms with E-state index >= 15 is 0 Å². The smallest absolute Gasteiger partial charge is 0.253 e. The number of carbonyl (C=O) groups excluding carboxylic acids is 2. The summed E-state index contributed by atoms with van der Waals surface area (Å²) in [6.07, 6.45) is 2.72. The lowest BCUT2D eigenvalue weighted by Crippen LogP contribution is -2.32. The number of amides is 2. The summed E-state index contributed by atoms with van der Waals surface area (Å²) in [5, 5.41) is 3.55. The van der Waals surface area contributed by atoms with Crippen molar-refractivity contribution >= 4 is 29.1 Å². The van der Waals surface area contributed by atoms with Gasteiger partial charge in [0.15, 0.2) is 0 Å². The van der Waals surface area contributed by atoms with Gasteiger partial charge >= 0.3 is 0 Å². The van der Waals surface area contributed by atoms with Crippen molar-refractivity contribution in [1.29, 1.82) is 0 Å². The summed E-state index contributed by atoms with van der Waals surface area (Å²) in [6, 6.07) is 12.5. The van der Waals surface area contributed by atoms with Gasteiger partial charge in [-0.1, -0.05) is 11.6 Å². The summed E-state index contributed by atoms with van der Waals surface area (Å²) in [5.41, 5.74) is 2.27. The summed E-state index contributed by atoms with van der Waals surface area (Å²) in [5.74, 6) is 0.467. The van der Waals surface area contributed by atoms with Gasteiger partial charge in [-0.2, -0.15) is 0 Å². The second-order valence-corrected chi connectivity index (χ2v) is 7.47. The summed E-state index contributed by atoms with van der Waals surface area (Å²) >= 11 is 6.03. The van der Waals surface area contributed by atoms with Crippen molar-refractivity contribution < 1.29 is 14.3 Å². The molecule has 2 aromatic carbocycles. The predicted molar refractivity (Wildman–Crippen MR) is 104 cm³/mol. The Kier molecular flexibility index (Phi) is 5.03.